The van der Waals surface area contributed by atoms with Crippen LogP contribution in [0.4, 0.5) is 0 Å². The molecule has 0 bridgehead atoms. The molecule has 0 amide bonds. The van der Waals surface area contributed by atoms with Crippen molar-refractivity contribution in [3.8, 4) is 0 Å². The summed E-state index contributed by atoms with van der Waals surface area (Å²) < 4.78 is 3.97. The van der Waals surface area contributed by atoms with Gasteiger partial charge in [-0.2, -0.15) is 0 Å². The molecule has 0 aliphatic heterocycles. The molecule has 0 unspecified atom stereocenters. The summed E-state index contributed by atoms with van der Waals surface area (Å²) in [5.41, 5.74) is 0. The Balaban J connectivity index is 3.68. The molecule has 0 aromatic rings. The fourth-order valence-corrected chi connectivity index (χ4v) is 0.484. The summed E-state index contributed by atoms with van der Waals surface area (Å²) in [6, 6.07) is 0. The van der Waals surface area contributed by atoms with E-state index in [0.29, 0.717) is 0 Å². The fraction of sp³-hybridized carbons (Fsp3) is 0.333. The Kier molecular flexibility index (Phi) is 4.66. The predicted molar refractivity (Wildman–Crippen MR) is 39.5 cm³/mol. The molecule has 0 saturated heterocycles. The highest BCUT2D eigenvalue weighted by Gasteiger charge is 2.05. The van der Waals surface area contributed by atoms with E-state index in [1.165, 1.54) is 6.08 Å². The number of thiol groups is 1. The molecule has 0 aromatic carbocycles. The van der Waals surface area contributed by atoms with Crippen molar-refractivity contribution in [1.82, 2.24) is 0 Å². The third kappa shape index (κ3) is 4.14. The SMILES string of the molecule is C/C=C/C(=O)CC(=O)OS. The number of carbonyl (C=O) groups excluding carboxylic acids is 2. The first-order valence-corrected chi connectivity index (χ1v) is 3.07. The monoisotopic (exact) mass is 160 g/mol. The van der Waals surface area contributed by atoms with E-state index in [4.69, 9.17) is 0 Å². The first kappa shape index (κ1) is 9.23. The van der Waals surface area contributed by atoms with Gasteiger partial charge < -0.3 is 4.18 Å². The maximum Gasteiger partial charge on any atom is 0.325 e. The number of ketones is 1. The lowest BCUT2D eigenvalue weighted by Gasteiger charge is -1.90. The number of hydrogen-bond donors (Lipinski definition) is 1. The van der Waals surface area contributed by atoms with Crippen LogP contribution in [0, 0.1) is 0 Å². The molecule has 0 rings (SSSR count). The molecular formula is C6H8O3S. The summed E-state index contributed by atoms with van der Waals surface area (Å²) >= 11 is 3.23. The molecule has 0 N–H and O–H groups in total. The summed E-state index contributed by atoms with van der Waals surface area (Å²) in [5, 5.41) is 0. The molecule has 4 heteroatoms. The van der Waals surface area contributed by atoms with Gasteiger partial charge in [-0.3, -0.25) is 9.59 Å². The van der Waals surface area contributed by atoms with Crippen molar-refractivity contribution in [2.75, 3.05) is 0 Å². The summed E-state index contributed by atoms with van der Waals surface area (Å²) in [6.45, 7) is 1.70. The Hall–Kier alpha value is -0.770. The van der Waals surface area contributed by atoms with Crippen LogP contribution in [0.5, 0.6) is 0 Å². The van der Waals surface area contributed by atoms with Crippen molar-refractivity contribution in [1.29, 1.82) is 0 Å². The van der Waals surface area contributed by atoms with E-state index < -0.39 is 5.97 Å². The van der Waals surface area contributed by atoms with Crippen LogP contribution < -0.4 is 0 Å². The number of hydrogen-bond acceptors (Lipinski definition) is 4. The zero-order chi connectivity index (χ0) is 7.98. The molecule has 0 heterocycles. The zero-order valence-electron chi connectivity index (χ0n) is 5.53. The van der Waals surface area contributed by atoms with Gasteiger partial charge in [0, 0.05) is 12.9 Å². The molecule has 0 spiro atoms. The molecule has 10 heavy (non-hydrogen) atoms. The topological polar surface area (TPSA) is 43.4 Å². The largest absolute Gasteiger partial charge is 0.394 e. The van der Waals surface area contributed by atoms with E-state index >= 15 is 0 Å². The van der Waals surface area contributed by atoms with Crippen LogP contribution in [0.2, 0.25) is 0 Å². The Labute approximate surface area is 64.7 Å². The van der Waals surface area contributed by atoms with E-state index in [0.717, 1.165) is 0 Å². The second-order valence-electron chi connectivity index (χ2n) is 1.61. The van der Waals surface area contributed by atoms with Gasteiger partial charge in [0.05, 0.1) is 0 Å². The fourth-order valence-electron chi connectivity index (χ4n) is 0.419. The molecule has 0 aliphatic rings. The maximum atomic E-state index is 10.6. The van der Waals surface area contributed by atoms with Crippen molar-refractivity contribution in [2.24, 2.45) is 0 Å². The van der Waals surface area contributed by atoms with E-state index in [9.17, 15) is 9.59 Å². The van der Waals surface area contributed by atoms with Gasteiger partial charge in [-0.15, -0.1) is 0 Å². The summed E-state index contributed by atoms with van der Waals surface area (Å²) in [6.07, 6.45) is 2.63. The first-order valence-electron chi connectivity index (χ1n) is 2.70. The summed E-state index contributed by atoms with van der Waals surface area (Å²) in [5.74, 6) is -0.909. The molecule has 0 radical (unpaired) electrons. The van der Waals surface area contributed by atoms with Gasteiger partial charge in [0.15, 0.2) is 5.78 Å². The van der Waals surface area contributed by atoms with Gasteiger partial charge in [0.1, 0.15) is 6.42 Å². The zero-order valence-corrected chi connectivity index (χ0v) is 6.43. The van der Waals surface area contributed by atoms with E-state index in [-0.39, 0.29) is 12.2 Å². The van der Waals surface area contributed by atoms with Crippen molar-refractivity contribution in [3.63, 3.8) is 0 Å². The smallest absolute Gasteiger partial charge is 0.325 e. The van der Waals surface area contributed by atoms with Gasteiger partial charge in [0.2, 0.25) is 0 Å². The van der Waals surface area contributed by atoms with Crippen LogP contribution in [0.25, 0.3) is 0 Å². The summed E-state index contributed by atoms with van der Waals surface area (Å²) in [4.78, 5) is 20.9. The lowest BCUT2D eigenvalue weighted by Crippen LogP contribution is -2.04. The standard InChI is InChI=1S/C6H8O3S/c1-2-3-5(7)4-6(8)9-10/h2-3,10H,4H2,1H3/b3-2+. The lowest BCUT2D eigenvalue weighted by molar-refractivity contribution is -0.135. The number of allylic oxidation sites excluding steroid dienone is 2. The second kappa shape index (κ2) is 5.05. The van der Waals surface area contributed by atoms with Gasteiger partial charge in [-0.1, -0.05) is 6.08 Å². The van der Waals surface area contributed by atoms with Crippen molar-refractivity contribution >= 4 is 24.7 Å². The van der Waals surface area contributed by atoms with Gasteiger partial charge >= 0.3 is 5.97 Å². The van der Waals surface area contributed by atoms with Crippen LogP contribution in [0.3, 0.4) is 0 Å². The quantitative estimate of drug-likeness (QED) is 0.289. The van der Waals surface area contributed by atoms with Crippen LogP contribution in [-0.2, 0) is 13.8 Å². The highest BCUT2D eigenvalue weighted by Crippen LogP contribution is 1.91. The molecule has 0 aromatic heterocycles. The highest BCUT2D eigenvalue weighted by atomic mass is 32.1. The molecule has 3 nitrogen and oxygen atoms in total. The minimum absolute atomic E-state index is 0.242. The van der Waals surface area contributed by atoms with E-state index in [1.807, 2.05) is 0 Å². The molecule has 56 valence electrons. The molecular weight excluding hydrogens is 152 g/mol. The van der Waals surface area contributed by atoms with Crippen LogP contribution in [-0.4, -0.2) is 11.8 Å². The van der Waals surface area contributed by atoms with E-state index in [2.05, 4.69) is 17.1 Å². The van der Waals surface area contributed by atoms with Gasteiger partial charge in [0.25, 0.3) is 0 Å². The number of rotatable bonds is 3. The minimum Gasteiger partial charge on any atom is -0.394 e. The Morgan fingerprint density at radius 3 is 2.60 bits per heavy atom. The Morgan fingerprint density at radius 2 is 2.20 bits per heavy atom. The predicted octanol–water partition coefficient (Wildman–Crippen LogP) is 0.910. The first-order chi connectivity index (χ1) is 4.70. The van der Waals surface area contributed by atoms with E-state index in [1.54, 1.807) is 13.0 Å². The highest BCUT2D eigenvalue weighted by molar-refractivity contribution is 7.75. The average Bonchev–Trinajstić information content (AvgIpc) is 1.88. The maximum absolute atomic E-state index is 10.6. The normalized spacial score (nSPS) is 9.80. The summed E-state index contributed by atoms with van der Waals surface area (Å²) in [7, 11) is 0. The van der Waals surface area contributed by atoms with Gasteiger partial charge in [-0.05, 0) is 13.0 Å². The van der Waals surface area contributed by atoms with Crippen LogP contribution in [0.15, 0.2) is 12.2 Å². The van der Waals surface area contributed by atoms with Crippen molar-refractivity contribution in [3.05, 3.63) is 12.2 Å². The van der Waals surface area contributed by atoms with Crippen LogP contribution >= 0.6 is 12.9 Å². The average molecular weight is 160 g/mol. The third-order valence-corrected chi connectivity index (χ3v) is 0.977. The van der Waals surface area contributed by atoms with Gasteiger partial charge in [-0.25, -0.2) is 0 Å². The molecule has 0 fully saturated rings. The third-order valence-electron chi connectivity index (χ3n) is 0.773. The second-order valence-corrected chi connectivity index (χ2v) is 1.79. The number of carbonyl (C=O) groups is 2. The van der Waals surface area contributed by atoms with Crippen molar-refractivity contribution in [2.45, 2.75) is 13.3 Å². The molecule has 0 saturated carbocycles. The molecule has 0 atom stereocenters. The lowest BCUT2D eigenvalue weighted by atomic mass is 10.3. The Bertz CT molecular complexity index is 162. The minimum atomic E-state index is -0.633. The van der Waals surface area contributed by atoms with Crippen molar-refractivity contribution < 1.29 is 13.8 Å². The van der Waals surface area contributed by atoms with Crippen LogP contribution in [0.1, 0.15) is 13.3 Å². The Morgan fingerprint density at radius 1 is 1.60 bits per heavy atom. The molecule has 0 aliphatic carbocycles.